The van der Waals surface area contributed by atoms with Crippen LogP contribution in [-0.4, -0.2) is 20.7 Å². The third-order valence-corrected chi connectivity index (χ3v) is 2.53. The molecule has 1 aromatic carbocycles. The minimum Gasteiger partial charge on any atom is -0.495 e. The Hall–Kier alpha value is -1.19. The molecule has 0 atom stereocenters. The number of hydrogen-bond acceptors (Lipinski definition) is 3. The van der Waals surface area contributed by atoms with Gasteiger partial charge in [0.1, 0.15) is 5.75 Å². The molecule has 0 aliphatic carbocycles. The van der Waals surface area contributed by atoms with Gasteiger partial charge < -0.3 is 15.8 Å². The van der Waals surface area contributed by atoms with Crippen LogP contribution in [0.25, 0.3) is 6.08 Å². The van der Waals surface area contributed by atoms with E-state index in [1.165, 1.54) is 0 Å². The summed E-state index contributed by atoms with van der Waals surface area (Å²) in [5, 5.41) is 3.71. The van der Waals surface area contributed by atoms with Gasteiger partial charge in [0.15, 0.2) is 0 Å². The molecule has 4 heteroatoms. The number of ether oxygens (including phenoxy) is 1. The van der Waals surface area contributed by atoms with Crippen molar-refractivity contribution < 1.29 is 4.74 Å². The molecule has 0 fully saturated rings. The van der Waals surface area contributed by atoms with Crippen molar-refractivity contribution in [1.82, 2.24) is 5.32 Å². The van der Waals surface area contributed by atoms with E-state index in [-0.39, 0.29) is 0 Å². The minimum absolute atomic E-state index is 0.555. The molecule has 0 unspecified atom stereocenters. The van der Waals surface area contributed by atoms with Crippen LogP contribution in [0, 0.1) is 0 Å². The van der Waals surface area contributed by atoms with Crippen molar-refractivity contribution in [3.8, 4) is 5.75 Å². The fourth-order valence-electron chi connectivity index (χ4n) is 1.33. The number of halogens is 1. The first kappa shape index (κ1) is 12.9. The quantitative estimate of drug-likeness (QED) is 0.614. The van der Waals surface area contributed by atoms with Crippen molar-refractivity contribution in [1.29, 1.82) is 0 Å². The summed E-state index contributed by atoms with van der Waals surface area (Å²) >= 11 is 6.07. The minimum atomic E-state index is 0.555. The van der Waals surface area contributed by atoms with Crippen LogP contribution in [0.2, 0.25) is 5.02 Å². The topological polar surface area (TPSA) is 47.3 Å². The van der Waals surface area contributed by atoms with Crippen LogP contribution in [0.15, 0.2) is 18.2 Å². The summed E-state index contributed by atoms with van der Waals surface area (Å²) in [6, 6.07) is 3.55. The van der Waals surface area contributed by atoms with E-state index in [1.54, 1.807) is 13.2 Å². The van der Waals surface area contributed by atoms with Gasteiger partial charge in [-0.2, -0.15) is 0 Å². The van der Waals surface area contributed by atoms with Crippen LogP contribution >= 0.6 is 11.6 Å². The Kier molecular flexibility index (Phi) is 5.15. The van der Waals surface area contributed by atoms with Gasteiger partial charge in [0, 0.05) is 0 Å². The van der Waals surface area contributed by atoms with E-state index < -0.39 is 0 Å². The smallest absolute Gasteiger partial charge is 0.142 e. The SMILES string of the molecule is CNCCC=Cc1cc(OC)c(N)cc1Cl. The average Bonchev–Trinajstić information content (AvgIpc) is 2.27. The van der Waals surface area contributed by atoms with E-state index in [0.29, 0.717) is 16.5 Å². The lowest BCUT2D eigenvalue weighted by atomic mass is 10.1. The molecule has 0 aliphatic heterocycles. The second kappa shape index (κ2) is 6.40. The maximum Gasteiger partial charge on any atom is 0.142 e. The van der Waals surface area contributed by atoms with E-state index >= 15 is 0 Å². The van der Waals surface area contributed by atoms with Gasteiger partial charge in [0.05, 0.1) is 17.8 Å². The Morgan fingerprint density at radius 2 is 2.25 bits per heavy atom. The summed E-state index contributed by atoms with van der Waals surface area (Å²) in [5.74, 6) is 0.651. The van der Waals surface area contributed by atoms with E-state index in [1.807, 2.05) is 19.2 Å². The summed E-state index contributed by atoms with van der Waals surface area (Å²) in [7, 11) is 3.52. The number of methoxy groups -OCH3 is 1. The highest BCUT2D eigenvalue weighted by Crippen LogP contribution is 2.29. The van der Waals surface area contributed by atoms with Crippen molar-refractivity contribution in [3.05, 3.63) is 28.8 Å². The van der Waals surface area contributed by atoms with E-state index in [4.69, 9.17) is 22.1 Å². The molecule has 0 aromatic heterocycles. The predicted molar refractivity (Wildman–Crippen MR) is 70.0 cm³/mol. The Labute approximate surface area is 101 Å². The highest BCUT2D eigenvalue weighted by atomic mass is 35.5. The summed E-state index contributed by atoms with van der Waals surface area (Å²) in [5.41, 5.74) is 7.21. The zero-order valence-electron chi connectivity index (χ0n) is 9.59. The molecular weight excluding hydrogens is 224 g/mol. The second-order valence-corrected chi connectivity index (χ2v) is 3.82. The third kappa shape index (κ3) is 3.43. The molecule has 88 valence electrons. The third-order valence-electron chi connectivity index (χ3n) is 2.21. The number of anilines is 1. The van der Waals surface area contributed by atoms with Crippen LogP contribution in [-0.2, 0) is 0 Å². The molecule has 1 aromatic rings. The number of rotatable bonds is 5. The molecule has 3 N–H and O–H groups in total. The number of hydrogen-bond donors (Lipinski definition) is 2. The number of benzene rings is 1. The van der Waals surface area contributed by atoms with Crippen molar-refractivity contribution in [2.45, 2.75) is 6.42 Å². The Bertz CT molecular complexity index is 378. The van der Waals surface area contributed by atoms with Crippen molar-refractivity contribution in [2.75, 3.05) is 26.4 Å². The lowest BCUT2D eigenvalue weighted by Gasteiger charge is -2.07. The normalized spacial score (nSPS) is 10.9. The molecule has 0 aliphatic rings. The average molecular weight is 241 g/mol. The van der Waals surface area contributed by atoms with Crippen molar-refractivity contribution in [3.63, 3.8) is 0 Å². The Morgan fingerprint density at radius 1 is 1.50 bits per heavy atom. The van der Waals surface area contributed by atoms with Crippen LogP contribution in [0.3, 0.4) is 0 Å². The van der Waals surface area contributed by atoms with Crippen molar-refractivity contribution >= 4 is 23.4 Å². The van der Waals surface area contributed by atoms with E-state index in [0.717, 1.165) is 18.5 Å². The Balaban J connectivity index is 2.83. The fourth-order valence-corrected chi connectivity index (χ4v) is 1.56. The fraction of sp³-hybridized carbons (Fsp3) is 0.333. The number of nitrogens with two attached hydrogens (primary N) is 1. The van der Waals surface area contributed by atoms with Gasteiger partial charge in [0.25, 0.3) is 0 Å². The molecule has 0 spiro atoms. The van der Waals surface area contributed by atoms with Crippen LogP contribution in [0.4, 0.5) is 5.69 Å². The Morgan fingerprint density at radius 3 is 2.88 bits per heavy atom. The zero-order chi connectivity index (χ0) is 12.0. The first-order valence-electron chi connectivity index (χ1n) is 5.13. The highest BCUT2D eigenvalue weighted by Gasteiger charge is 2.04. The lowest BCUT2D eigenvalue weighted by Crippen LogP contribution is -2.05. The molecule has 0 amide bonds. The van der Waals surface area contributed by atoms with Gasteiger partial charge in [-0.15, -0.1) is 0 Å². The van der Waals surface area contributed by atoms with Crippen LogP contribution < -0.4 is 15.8 Å². The second-order valence-electron chi connectivity index (χ2n) is 3.41. The molecule has 0 heterocycles. The summed E-state index contributed by atoms with van der Waals surface area (Å²) in [6.07, 6.45) is 4.99. The standard InChI is InChI=1S/C12H17ClN2O/c1-15-6-4-3-5-9-7-12(16-2)11(14)8-10(9)13/h3,5,7-8,15H,4,6,14H2,1-2H3. The van der Waals surface area contributed by atoms with Gasteiger partial charge in [-0.05, 0) is 37.7 Å². The molecule has 3 nitrogen and oxygen atoms in total. The molecule has 1 rings (SSSR count). The van der Waals surface area contributed by atoms with Crippen molar-refractivity contribution in [2.24, 2.45) is 0 Å². The number of nitrogens with one attached hydrogen (secondary N) is 1. The van der Waals surface area contributed by atoms with Gasteiger partial charge in [-0.25, -0.2) is 0 Å². The molecule has 0 saturated carbocycles. The van der Waals surface area contributed by atoms with E-state index in [9.17, 15) is 0 Å². The van der Waals surface area contributed by atoms with Gasteiger partial charge >= 0.3 is 0 Å². The summed E-state index contributed by atoms with van der Waals surface area (Å²) in [6.45, 7) is 0.945. The van der Waals surface area contributed by atoms with Crippen LogP contribution in [0.1, 0.15) is 12.0 Å². The van der Waals surface area contributed by atoms with Gasteiger partial charge in [0.2, 0.25) is 0 Å². The maximum absolute atomic E-state index is 6.07. The molecule has 0 saturated heterocycles. The maximum atomic E-state index is 6.07. The van der Waals surface area contributed by atoms with Crippen LogP contribution in [0.5, 0.6) is 5.75 Å². The highest BCUT2D eigenvalue weighted by molar-refractivity contribution is 6.32. The monoisotopic (exact) mass is 240 g/mol. The zero-order valence-corrected chi connectivity index (χ0v) is 10.3. The van der Waals surface area contributed by atoms with Gasteiger partial charge in [-0.1, -0.05) is 23.8 Å². The summed E-state index contributed by atoms with van der Waals surface area (Å²) in [4.78, 5) is 0. The number of nitrogen functional groups attached to an aromatic ring is 1. The van der Waals surface area contributed by atoms with Gasteiger partial charge in [-0.3, -0.25) is 0 Å². The molecule has 0 radical (unpaired) electrons. The predicted octanol–water partition coefficient (Wildman–Crippen LogP) is 2.55. The first-order chi connectivity index (χ1) is 7.69. The molecule has 16 heavy (non-hydrogen) atoms. The molecular formula is C12H17ClN2O. The summed E-state index contributed by atoms with van der Waals surface area (Å²) < 4.78 is 5.14. The van der Waals surface area contributed by atoms with E-state index in [2.05, 4.69) is 11.4 Å². The first-order valence-corrected chi connectivity index (χ1v) is 5.51. The lowest BCUT2D eigenvalue weighted by molar-refractivity contribution is 0.417. The largest absolute Gasteiger partial charge is 0.495 e. The molecule has 0 bridgehead atoms.